The van der Waals surface area contributed by atoms with Gasteiger partial charge in [-0.3, -0.25) is 4.98 Å². The van der Waals surface area contributed by atoms with E-state index in [2.05, 4.69) is 51.7 Å². The predicted octanol–water partition coefficient (Wildman–Crippen LogP) is 3.39. The zero-order valence-corrected chi connectivity index (χ0v) is 14.0. The topological polar surface area (TPSA) is 50.3 Å². The average molecular weight is 338 g/mol. The maximum Gasteiger partial charge on any atom is 0.148 e. The van der Waals surface area contributed by atoms with Crippen LogP contribution in [0.15, 0.2) is 48.7 Å². The quantitative estimate of drug-likeness (QED) is 0.717. The molecule has 122 valence electrons. The lowest BCUT2D eigenvalue weighted by molar-refractivity contribution is 0.122. The Hall–Kier alpha value is -2.31. The van der Waals surface area contributed by atoms with Gasteiger partial charge in [0.25, 0.3) is 0 Å². The molecule has 4 rings (SSSR count). The fourth-order valence-electron chi connectivity index (χ4n) is 2.89. The Labute approximate surface area is 146 Å². The van der Waals surface area contributed by atoms with Gasteiger partial charge in [-0.15, -0.1) is 0 Å². The molecule has 0 saturated carbocycles. The van der Waals surface area contributed by atoms with Gasteiger partial charge in [-0.25, -0.2) is 4.98 Å². The summed E-state index contributed by atoms with van der Waals surface area (Å²) in [6, 6.07) is 14.3. The highest BCUT2D eigenvalue weighted by atomic mass is 32.1. The zero-order valence-electron chi connectivity index (χ0n) is 13.1. The van der Waals surface area contributed by atoms with Crippen molar-refractivity contribution < 1.29 is 4.74 Å². The van der Waals surface area contributed by atoms with Crippen LogP contribution >= 0.6 is 12.8 Å². The monoisotopic (exact) mass is 338 g/mol. The van der Waals surface area contributed by atoms with Gasteiger partial charge in [-0.05, 0) is 35.4 Å². The molecule has 0 atom stereocenters. The summed E-state index contributed by atoms with van der Waals surface area (Å²) in [7, 11) is 0. The fourth-order valence-corrected chi connectivity index (χ4v) is 3.03. The number of nitrogens with zero attached hydrogens (tertiary/aromatic N) is 3. The van der Waals surface area contributed by atoms with Crippen molar-refractivity contribution in [2.24, 2.45) is 0 Å². The van der Waals surface area contributed by atoms with E-state index in [9.17, 15) is 0 Å². The van der Waals surface area contributed by atoms with Crippen molar-refractivity contribution in [1.82, 2.24) is 9.97 Å². The van der Waals surface area contributed by atoms with E-state index in [0.29, 0.717) is 0 Å². The molecule has 1 aromatic heterocycles. The molecule has 0 aliphatic carbocycles. The van der Waals surface area contributed by atoms with E-state index in [-0.39, 0.29) is 0 Å². The van der Waals surface area contributed by atoms with Crippen LogP contribution in [0.1, 0.15) is 0 Å². The van der Waals surface area contributed by atoms with Crippen LogP contribution in [0.25, 0.3) is 22.2 Å². The number of hydrogen-bond acceptors (Lipinski definition) is 6. The number of aromatic nitrogens is 2. The number of ether oxygens (including phenoxy) is 1. The third kappa shape index (κ3) is 3.02. The van der Waals surface area contributed by atoms with E-state index < -0.39 is 0 Å². The molecular formula is C18H18N4OS. The van der Waals surface area contributed by atoms with Gasteiger partial charge in [0.05, 0.1) is 30.4 Å². The van der Waals surface area contributed by atoms with E-state index in [1.165, 1.54) is 0 Å². The summed E-state index contributed by atoms with van der Waals surface area (Å²) in [5.74, 6) is 0.911. The molecule has 1 aliphatic heterocycles. The second kappa shape index (κ2) is 6.67. The Morgan fingerprint density at radius 3 is 2.67 bits per heavy atom. The Morgan fingerprint density at radius 2 is 1.83 bits per heavy atom. The summed E-state index contributed by atoms with van der Waals surface area (Å²) in [6.45, 7) is 3.19. The van der Waals surface area contributed by atoms with Gasteiger partial charge in [-0.2, -0.15) is 0 Å². The largest absolute Gasteiger partial charge is 0.378 e. The van der Waals surface area contributed by atoms with Gasteiger partial charge in [0, 0.05) is 18.8 Å². The first-order valence-electron chi connectivity index (χ1n) is 7.93. The Bertz CT molecular complexity index is 865. The number of morpholine rings is 1. The van der Waals surface area contributed by atoms with E-state index in [0.717, 1.165) is 60.0 Å². The Morgan fingerprint density at radius 1 is 1.00 bits per heavy atom. The third-order valence-corrected chi connectivity index (χ3v) is 4.45. The Balaban J connectivity index is 1.72. The molecule has 0 unspecified atom stereocenters. The second-order valence-corrected chi connectivity index (χ2v) is 5.95. The van der Waals surface area contributed by atoms with Crippen LogP contribution in [0, 0.1) is 0 Å². The van der Waals surface area contributed by atoms with Gasteiger partial charge in [0.1, 0.15) is 5.82 Å². The first-order chi connectivity index (χ1) is 11.8. The van der Waals surface area contributed by atoms with Crippen LogP contribution in [0.3, 0.4) is 0 Å². The number of anilines is 2. The molecule has 2 aromatic carbocycles. The van der Waals surface area contributed by atoms with Crippen LogP contribution in [0.2, 0.25) is 0 Å². The SMILES string of the molecule is SNc1cccc(-c2ccc3ncc(N4CCOCC4)nc3c2)c1. The number of hydrogen-bond donors (Lipinski definition) is 2. The van der Waals surface area contributed by atoms with Crippen LogP contribution in [0.4, 0.5) is 11.5 Å². The summed E-state index contributed by atoms with van der Waals surface area (Å²) in [4.78, 5) is 11.6. The summed E-state index contributed by atoms with van der Waals surface area (Å²) in [5, 5.41) is 0. The van der Waals surface area contributed by atoms with Gasteiger partial charge < -0.3 is 14.4 Å². The molecule has 1 fully saturated rings. The highest BCUT2D eigenvalue weighted by Gasteiger charge is 2.13. The second-order valence-electron chi connectivity index (χ2n) is 5.72. The molecule has 1 saturated heterocycles. The van der Waals surface area contributed by atoms with Crippen LogP contribution in [-0.2, 0) is 4.74 Å². The molecular weight excluding hydrogens is 320 g/mol. The summed E-state index contributed by atoms with van der Waals surface area (Å²) >= 11 is 4.11. The number of fused-ring (bicyclic) bond motifs is 1. The lowest BCUT2D eigenvalue weighted by atomic mass is 10.0. The van der Waals surface area contributed by atoms with Crippen LogP contribution in [-0.4, -0.2) is 36.3 Å². The van der Waals surface area contributed by atoms with Crippen molar-refractivity contribution in [3.63, 3.8) is 0 Å². The van der Waals surface area contributed by atoms with E-state index in [1.807, 2.05) is 24.4 Å². The van der Waals surface area contributed by atoms with Crippen molar-refractivity contribution >= 4 is 35.4 Å². The summed E-state index contributed by atoms with van der Waals surface area (Å²) in [6.07, 6.45) is 1.85. The van der Waals surface area contributed by atoms with E-state index in [1.54, 1.807) is 0 Å². The Kier molecular flexibility index (Phi) is 4.23. The highest BCUT2D eigenvalue weighted by molar-refractivity contribution is 7.81. The average Bonchev–Trinajstić information content (AvgIpc) is 2.68. The number of rotatable bonds is 3. The molecule has 24 heavy (non-hydrogen) atoms. The minimum Gasteiger partial charge on any atom is -0.378 e. The lowest BCUT2D eigenvalue weighted by Crippen LogP contribution is -2.36. The van der Waals surface area contributed by atoms with Gasteiger partial charge >= 0.3 is 0 Å². The van der Waals surface area contributed by atoms with Crippen molar-refractivity contribution in [3.05, 3.63) is 48.7 Å². The zero-order chi connectivity index (χ0) is 16.4. The maximum absolute atomic E-state index is 5.41. The molecule has 0 amide bonds. The number of nitrogens with one attached hydrogen (secondary N) is 1. The van der Waals surface area contributed by atoms with E-state index in [4.69, 9.17) is 9.72 Å². The number of thiol groups is 1. The van der Waals surface area contributed by atoms with Gasteiger partial charge in [0.2, 0.25) is 0 Å². The molecule has 0 spiro atoms. The minimum atomic E-state index is 0.739. The predicted molar refractivity (Wildman–Crippen MR) is 101 cm³/mol. The van der Waals surface area contributed by atoms with Gasteiger partial charge in [0.15, 0.2) is 0 Å². The van der Waals surface area contributed by atoms with Crippen molar-refractivity contribution in [2.45, 2.75) is 0 Å². The standard InChI is InChI=1S/C18H18N4OS/c24-21-15-3-1-2-13(10-15)14-4-5-16-17(11-14)20-18(12-19-16)22-6-8-23-9-7-22/h1-5,10-12,21,24H,6-9H2. The molecule has 1 aliphatic rings. The summed E-state index contributed by atoms with van der Waals surface area (Å²) in [5.41, 5.74) is 5.00. The first kappa shape index (κ1) is 15.2. The molecule has 5 nitrogen and oxygen atoms in total. The molecule has 2 heterocycles. The minimum absolute atomic E-state index is 0.739. The van der Waals surface area contributed by atoms with Crippen molar-refractivity contribution in [3.8, 4) is 11.1 Å². The smallest absolute Gasteiger partial charge is 0.148 e. The van der Waals surface area contributed by atoms with Crippen molar-refractivity contribution in [2.75, 3.05) is 35.9 Å². The van der Waals surface area contributed by atoms with E-state index >= 15 is 0 Å². The molecule has 3 aromatic rings. The third-order valence-electron chi connectivity index (χ3n) is 4.19. The number of benzene rings is 2. The molecule has 0 bridgehead atoms. The lowest BCUT2D eigenvalue weighted by Gasteiger charge is -2.27. The normalized spacial score (nSPS) is 14.8. The molecule has 1 N–H and O–H groups in total. The molecule has 6 heteroatoms. The fraction of sp³-hybridized carbons (Fsp3) is 0.222. The highest BCUT2D eigenvalue weighted by Crippen LogP contribution is 2.26. The first-order valence-corrected chi connectivity index (χ1v) is 8.38. The summed E-state index contributed by atoms with van der Waals surface area (Å²) < 4.78 is 8.28. The van der Waals surface area contributed by atoms with Crippen molar-refractivity contribution in [1.29, 1.82) is 0 Å². The van der Waals surface area contributed by atoms with Crippen LogP contribution in [0.5, 0.6) is 0 Å². The molecule has 0 radical (unpaired) electrons. The van der Waals surface area contributed by atoms with Crippen LogP contribution < -0.4 is 9.62 Å². The maximum atomic E-state index is 5.41. The van der Waals surface area contributed by atoms with Gasteiger partial charge in [-0.1, -0.05) is 31.0 Å².